The molecular weight excluding hydrogens is 412 g/mol. The van der Waals surface area contributed by atoms with Crippen molar-refractivity contribution < 1.29 is 4.74 Å². The van der Waals surface area contributed by atoms with Gasteiger partial charge in [-0.15, -0.1) is 0 Å². The van der Waals surface area contributed by atoms with E-state index in [0.717, 1.165) is 42.4 Å². The first-order chi connectivity index (χ1) is 15.8. The Kier molecular flexibility index (Phi) is 6.15. The van der Waals surface area contributed by atoms with Gasteiger partial charge in [0.25, 0.3) is 0 Å². The van der Waals surface area contributed by atoms with Gasteiger partial charge in [-0.1, -0.05) is 39.0 Å². The molecule has 2 aliphatic carbocycles. The maximum Gasteiger partial charge on any atom is 0.135 e. The first-order valence-electron chi connectivity index (χ1n) is 11.6. The van der Waals surface area contributed by atoms with Gasteiger partial charge >= 0.3 is 0 Å². The molecule has 2 N–H and O–H groups in total. The van der Waals surface area contributed by atoms with E-state index in [1.165, 1.54) is 25.5 Å². The van der Waals surface area contributed by atoms with E-state index < -0.39 is 0 Å². The standard InChI is InChI=1S/C20H27N5O.C6H7N/c1-19(2,3)20(26-4)9-10-25(13-20)18-11-17(22-14-23-18)24-16-8-6-5-7-15(16)12-21;7-4-5-3-6(5)1-2-6/h5-8,11-12,14,21H,9-10,13H2,1-4H3,(H,22,23,24);5H,1-3H2. The van der Waals surface area contributed by atoms with Crippen LogP contribution < -0.4 is 10.2 Å². The zero-order chi connectivity index (χ0) is 23.7. The van der Waals surface area contributed by atoms with E-state index in [1.807, 2.05) is 30.3 Å². The molecule has 2 heterocycles. The fraction of sp³-hybridized carbons (Fsp3) is 0.538. The van der Waals surface area contributed by atoms with Gasteiger partial charge in [0.15, 0.2) is 0 Å². The molecule has 1 aromatic heterocycles. The SMILES string of the molecule is COC1(C(C)(C)C)CCN(c2cc(Nc3ccccc3C=N)ncn2)C1.N#CC1CC12CC2. The topological polar surface area (TPSA) is 97.9 Å². The Hall–Kier alpha value is -2.98. The summed E-state index contributed by atoms with van der Waals surface area (Å²) in [5.74, 6) is 2.07. The third-order valence-corrected chi connectivity index (χ3v) is 7.58. The molecule has 3 aliphatic rings. The summed E-state index contributed by atoms with van der Waals surface area (Å²) in [6.07, 6.45) is 7.77. The number of ether oxygens (including phenoxy) is 1. The van der Waals surface area contributed by atoms with E-state index in [0.29, 0.717) is 11.3 Å². The summed E-state index contributed by atoms with van der Waals surface area (Å²) >= 11 is 0. The number of anilines is 3. The van der Waals surface area contributed by atoms with Crippen LogP contribution in [0.1, 0.15) is 52.0 Å². The van der Waals surface area contributed by atoms with Crippen molar-refractivity contribution in [1.82, 2.24) is 9.97 Å². The Bertz CT molecular complexity index is 1050. The monoisotopic (exact) mass is 446 g/mol. The highest BCUT2D eigenvalue weighted by Crippen LogP contribution is 2.70. The molecule has 1 spiro atoms. The van der Waals surface area contributed by atoms with Gasteiger partial charge in [-0.2, -0.15) is 5.26 Å². The molecule has 0 bridgehead atoms. The van der Waals surface area contributed by atoms with Crippen LogP contribution in [0.25, 0.3) is 0 Å². The molecule has 7 nitrogen and oxygen atoms in total. The number of aromatic nitrogens is 2. The van der Waals surface area contributed by atoms with Gasteiger partial charge < -0.3 is 20.4 Å². The van der Waals surface area contributed by atoms with E-state index in [1.54, 1.807) is 13.4 Å². The molecule has 7 heteroatoms. The molecule has 2 unspecified atom stereocenters. The average molecular weight is 447 g/mol. The normalized spacial score (nSPS) is 24.5. The Morgan fingerprint density at radius 2 is 2.00 bits per heavy atom. The molecule has 174 valence electrons. The lowest BCUT2D eigenvalue weighted by Crippen LogP contribution is -2.47. The minimum atomic E-state index is -0.182. The van der Waals surface area contributed by atoms with Crippen molar-refractivity contribution in [2.45, 2.75) is 52.1 Å². The van der Waals surface area contributed by atoms with Gasteiger partial charge in [0.2, 0.25) is 0 Å². The van der Waals surface area contributed by atoms with Crippen LogP contribution in [0, 0.1) is 33.5 Å². The van der Waals surface area contributed by atoms with Gasteiger partial charge in [0, 0.05) is 43.7 Å². The number of hydrogen-bond acceptors (Lipinski definition) is 7. The number of nitrogens with one attached hydrogen (secondary N) is 2. The summed E-state index contributed by atoms with van der Waals surface area (Å²) in [6.45, 7) is 8.38. The fourth-order valence-electron chi connectivity index (χ4n) is 4.77. The molecular formula is C26H34N6O. The van der Waals surface area contributed by atoms with Gasteiger partial charge in [0.1, 0.15) is 18.0 Å². The van der Waals surface area contributed by atoms with Crippen LogP contribution in [-0.2, 0) is 4.74 Å². The number of para-hydroxylation sites is 1. The van der Waals surface area contributed by atoms with Crippen molar-refractivity contribution in [1.29, 1.82) is 10.7 Å². The molecule has 0 radical (unpaired) electrons. The third-order valence-electron chi connectivity index (χ3n) is 7.58. The van der Waals surface area contributed by atoms with Crippen LogP contribution in [0.4, 0.5) is 17.3 Å². The molecule has 1 aromatic carbocycles. The minimum absolute atomic E-state index is 0.0491. The molecule has 0 amide bonds. The second-order valence-corrected chi connectivity index (χ2v) is 10.5. The highest BCUT2D eigenvalue weighted by atomic mass is 16.5. The average Bonchev–Trinajstić information content (AvgIpc) is 3.69. The lowest BCUT2D eigenvalue weighted by Gasteiger charge is -2.40. The Morgan fingerprint density at radius 1 is 1.24 bits per heavy atom. The maximum absolute atomic E-state index is 8.33. The van der Waals surface area contributed by atoms with Crippen molar-refractivity contribution in [3.8, 4) is 6.07 Å². The summed E-state index contributed by atoms with van der Waals surface area (Å²) in [5.41, 5.74) is 2.15. The van der Waals surface area contributed by atoms with Gasteiger partial charge in [-0.3, -0.25) is 0 Å². The molecule has 2 saturated carbocycles. The van der Waals surface area contributed by atoms with E-state index >= 15 is 0 Å². The van der Waals surface area contributed by atoms with E-state index in [4.69, 9.17) is 15.4 Å². The largest absolute Gasteiger partial charge is 0.376 e. The number of rotatable bonds is 5. The third kappa shape index (κ3) is 4.72. The van der Waals surface area contributed by atoms with Crippen LogP contribution in [0.15, 0.2) is 36.7 Å². The minimum Gasteiger partial charge on any atom is -0.376 e. The molecule has 2 atom stereocenters. The van der Waals surface area contributed by atoms with Crippen LogP contribution in [0.2, 0.25) is 0 Å². The number of nitrogens with zero attached hydrogens (tertiary/aromatic N) is 4. The maximum atomic E-state index is 8.33. The number of benzene rings is 1. The fourth-order valence-corrected chi connectivity index (χ4v) is 4.77. The number of hydrogen-bond donors (Lipinski definition) is 2. The molecule has 2 aromatic rings. The van der Waals surface area contributed by atoms with Crippen LogP contribution in [0.5, 0.6) is 0 Å². The van der Waals surface area contributed by atoms with Crippen LogP contribution >= 0.6 is 0 Å². The lowest BCUT2D eigenvalue weighted by molar-refractivity contribution is -0.0743. The van der Waals surface area contributed by atoms with Crippen LogP contribution in [0.3, 0.4) is 0 Å². The molecule has 5 rings (SSSR count). The van der Waals surface area contributed by atoms with E-state index in [2.05, 4.69) is 47.0 Å². The lowest BCUT2D eigenvalue weighted by atomic mass is 9.75. The zero-order valence-electron chi connectivity index (χ0n) is 20.1. The second kappa shape index (κ2) is 8.75. The predicted molar refractivity (Wildman–Crippen MR) is 131 cm³/mol. The quantitative estimate of drug-likeness (QED) is 0.615. The highest BCUT2D eigenvalue weighted by molar-refractivity contribution is 5.87. The van der Waals surface area contributed by atoms with Crippen molar-refractivity contribution >= 4 is 23.5 Å². The smallest absolute Gasteiger partial charge is 0.135 e. The summed E-state index contributed by atoms with van der Waals surface area (Å²) in [4.78, 5) is 11.0. The van der Waals surface area contributed by atoms with Crippen molar-refractivity contribution in [2.75, 3.05) is 30.4 Å². The van der Waals surface area contributed by atoms with Crippen LogP contribution in [-0.4, -0.2) is 42.0 Å². The zero-order valence-corrected chi connectivity index (χ0v) is 20.1. The number of methoxy groups -OCH3 is 1. The van der Waals surface area contributed by atoms with Gasteiger partial charge in [-0.05, 0) is 42.6 Å². The Morgan fingerprint density at radius 3 is 2.55 bits per heavy atom. The van der Waals surface area contributed by atoms with Crippen molar-refractivity contribution in [3.05, 3.63) is 42.2 Å². The molecule has 1 aliphatic heterocycles. The summed E-state index contributed by atoms with van der Waals surface area (Å²) in [6, 6.07) is 11.9. The van der Waals surface area contributed by atoms with Gasteiger partial charge in [-0.25, -0.2) is 9.97 Å². The van der Waals surface area contributed by atoms with E-state index in [9.17, 15) is 0 Å². The van der Waals surface area contributed by atoms with Crippen molar-refractivity contribution in [3.63, 3.8) is 0 Å². The van der Waals surface area contributed by atoms with Crippen molar-refractivity contribution in [2.24, 2.45) is 16.7 Å². The first kappa shape index (κ1) is 23.2. The molecule has 3 fully saturated rings. The highest BCUT2D eigenvalue weighted by Gasteiger charge is 2.63. The summed E-state index contributed by atoms with van der Waals surface area (Å²) in [7, 11) is 1.80. The van der Waals surface area contributed by atoms with E-state index in [-0.39, 0.29) is 11.0 Å². The number of nitriles is 1. The molecule has 33 heavy (non-hydrogen) atoms. The Balaban J connectivity index is 0.000000310. The predicted octanol–water partition coefficient (Wildman–Crippen LogP) is 5.17. The Labute approximate surface area is 196 Å². The van der Waals surface area contributed by atoms with Gasteiger partial charge in [0.05, 0.1) is 17.6 Å². The molecule has 1 saturated heterocycles. The first-order valence-corrected chi connectivity index (χ1v) is 11.6. The summed E-state index contributed by atoms with van der Waals surface area (Å²) < 4.78 is 5.95. The second-order valence-electron chi connectivity index (χ2n) is 10.5. The summed E-state index contributed by atoms with van der Waals surface area (Å²) in [5, 5.41) is 19.2.